The number of H-pyrrole nitrogens is 2. The van der Waals surface area contributed by atoms with Crippen LogP contribution in [0.5, 0.6) is 0 Å². The second-order valence-electron chi connectivity index (χ2n) is 16.4. The fourth-order valence-corrected chi connectivity index (χ4v) is 9.54. The van der Waals surface area contributed by atoms with Crippen LogP contribution in [-0.4, -0.2) is 104 Å². The van der Waals surface area contributed by atoms with Crippen molar-refractivity contribution in [2.45, 2.75) is 89.0 Å². The quantitative estimate of drug-likeness (QED) is 0.116. The highest BCUT2D eigenvalue weighted by molar-refractivity contribution is 5.87. The van der Waals surface area contributed by atoms with E-state index < -0.39 is 24.3 Å². The van der Waals surface area contributed by atoms with Gasteiger partial charge in [0.15, 0.2) is 0 Å². The second kappa shape index (κ2) is 16.6. The number of carboxylic acid groups (broad SMARTS) is 1. The molecule has 1 saturated carbocycles. The number of likely N-dealkylation sites (tertiary alicyclic amines) is 2. The maximum Gasteiger partial charge on any atom is 0.407 e. The van der Waals surface area contributed by atoms with Gasteiger partial charge < -0.3 is 45.0 Å². The van der Waals surface area contributed by atoms with Crippen molar-refractivity contribution < 1.29 is 33.8 Å². The number of benzene rings is 2. The first-order chi connectivity index (χ1) is 28.1. The maximum atomic E-state index is 14.3. The van der Waals surface area contributed by atoms with Crippen LogP contribution in [0.25, 0.3) is 33.6 Å². The van der Waals surface area contributed by atoms with Gasteiger partial charge in [-0.25, -0.2) is 19.6 Å². The molecule has 0 unspecified atom stereocenters. The number of rotatable bonds is 11. The molecule has 3 saturated heterocycles. The number of carbonyl (C=O) groups excluding carboxylic acids is 3. The van der Waals surface area contributed by atoms with Gasteiger partial charge in [0.1, 0.15) is 23.7 Å². The van der Waals surface area contributed by atoms with Crippen molar-refractivity contribution >= 4 is 24.0 Å². The van der Waals surface area contributed by atoms with E-state index in [0.29, 0.717) is 44.3 Å². The summed E-state index contributed by atoms with van der Waals surface area (Å²) in [7, 11) is 1.32. The average Bonchev–Trinajstić information content (AvgIpc) is 4.10. The summed E-state index contributed by atoms with van der Waals surface area (Å²) in [6.45, 7) is 5.34. The van der Waals surface area contributed by atoms with E-state index in [1.54, 1.807) is 11.1 Å². The molecular formula is C43H52N8O7. The summed E-state index contributed by atoms with van der Waals surface area (Å²) in [4.78, 5) is 71.6. The number of carbonyl (C=O) groups is 4. The van der Waals surface area contributed by atoms with Crippen LogP contribution in [0.2, 0.25) is 0 Å². The third-order valence-electron chi connectivity index (χ3n) is 12.6. The molecule has 8 rings (SSSR count). The number of aromatic amines is 2. The van der Waals surface area contributed by atoms with Gasteiger partial charge in [0, 0.05) is 25.8 Å². The van der Waals surface area contributed by atoms with Crippen LogP contribution in [-0.2, 0) is 19.1 Å². The third kappa shape index (κ3) is 7.79. The summed E-state index contributed by atoms with van der Waals surface area (Å²) in [5, 5.41) is 14.6. The Morgan fingerprint density at radius 1 is 0.810 bits per heavy atom. The lowest BCUT2D eigenvalue weighted by molar-refractivity contribution is -0.140. The summed E-state index contributed by atoms with van der Waals surface area (Å²) in [6, 6.07) is 14.7. The normalized spacial score (nSPS) is 22.9. The molecule has 0 spiro atoms. The fraction of sp³-hybridized carbons (Fsp3) is 0.488. The van der Waals surface area contributed by atoms with Crippen molar-refractivity contribution in [1.82, 2.24) is 40.4 Å². The Bertz CT molecular complexity index is 2110. The SMILES string of the molecule is COC(=O)N[C@H](C(=O)N1[C@@H]2CC[C@@H](C2)[C@H]1c1ncc(-c2ccc(-c3ccc(-c4cnc([C@@H]5CCCN5C(=O)[C@@H](NC(=O)O)C(C)C)[nH]4)cc3)cc2)[nH]1)C1CCOCC1. The van der Waals surface area contributed by atoms with Gasteiger partial charge in [-0.2, -0.15) is 0 Å². The predicted octanol–water partition coefficient (Wildman–Crippen LogP) is 6.29. The molecule has 58 heavy (non-hydrogen) atoms. The Hall–Kier alpha value is -5.70. The number of methoxy groups -OCH3 is 1. The molecule has 5 heterocycles. The molecule has 4 aromatic rings. The molecule has 2 aromatic carbocycles. The molecule has 306 valence electrons. The number of imidazole rings is 2. The van der Waals surface area contributed by atoms with E-state index in [2.05, 4.69) is 62.0 Å². The molecule has 0 radical (unpaired) electrons. The highest BCUT2D eigenvalue weighted by Gasteiger charge is 2.52. The van der Waals surface area contributed by atoms with Crippen molar-refractivity contribution in [1.29, 1.82) is 0 Å². The number of fused-ring (bicyclic) bond motifs is 2. The number of amides is 4. The van der Waals surface area contributed by atoms with E-state index in [-0.39, 0.29) is 41.8 Å². The zero-order chi connectivity index (χ0) is 40.5. The number of ether oxygens (including phenoxy) is 2. The lowest BCUT2D eigenvalue weighted by atomic mass is 9.89. The van der Waals surface area contributed by atoms with Crippen LogP contribution < -0.4 is 10.6 Å². The molecule has 15 heteroatoms. The molecule has 2 aromatic heterocycles. The Balaban J connectivity index is 0.941. The Morgan fingerprint density at radius 2 is 1.41 bits per heavy atom. The fourth-order valence-electron chi connectivity index (χ4n) is 9.54. The van der Waals surface area contributed by atoms with Crippen molar-refractivity contribution in [2.24, 2.45) is 17.8 Å². The van der Waals surface area contributed by atoms with Crippen LogP contribution in [0.1, 0.15) is 82.5 Å². The standard InChI is InChI=1S/C43H52N8O7/c1-24(2)35(48-42(54)55)40(52)50-18-4-5-34(50)38-44-22-32(46-38)27-10-6-25(7-11-27)26-8-12-28(13-9-26)33-23-45-39(47-33)37-30-14-15-31(21-30)51(37)41(53)36(49-43(56)57-3)29-16-19-58-20-17-29/h6-13,22-24,29-31,34-37,48H,4-5,14-21H2,1-3H3,(H,44,46)(H,45,47)(H,49,56)(H,54,55)/t30-,31+,34-,35-,36-,37-/m0/s1. The monoisotopic (exact) mass is 792 g/mol. The molecule has 5 N–H and O–H groups in total. The number of aromatic nitrogens is 4. The minimum Gasteiger partial charge on any atom is -0.465 e. The zero-order valence-electron chi connectivity index (χ0n) is 33.1. The largest absolute Gasteiger partial charge is 0.465 e. The van der Waals surface area contributed by atoms with Crippen LogP contribution >= 0.6 is 0 Å². The van der Waals surface area contributed by atoms with Crippen LogP contribution in [0.15, 0.2) is 60.9 Å². The van der Waals surface area contributed by atoms with Gasteiger partial charge in [-0.05, 0) is 85.0 Å². The number of nitrogens with one attached hydrogen (secondary N) is 4. The number of hydrogen-bond acceptors (Lipinski definition) is 8. The molecule has 15 nitrogen and oxygen atoms in total. The summed E-state index contributed by atoms with van der Waals surface area (Å²) >= 11 is 0. The van der Waals surface area contributed by atoms with Gasteiger partial charge in [-0.1, -0.05) is 62.4 Å². The number of nitrogens with zero attached hydrogens (tertiary/aromatic N) is 4. The van der Waals surface area contributed by atoms with Gasteiger partial charge in [0.25, 0.3) is 0 Å². The molecule has 2 bridgehead atoms. The van der Waals surface area contributed by atoms with Crippen LogP contribution in [0.3, 0.4) is 0 Å². The highest BCUT2D eigenvalue weighted by atomic mass is 16.5. The summed E-state index contributed by atoms with van der Waals surface area (Å²) < 4.78 is 10.5. The van der Waals surface area contributed by atoms with Gasteiger partial charge >= 0.3 is 12.2 Å². The van der Waals surface area contributed by atoms with Crippen molar-refractivity contribution in [3.05, 3.63) is 72.6 Å². The first-order valence-electron chi connectivity index (χ1n) is 20.4. The molecule has 4 aliphatic rings. The van der Waals surface area contributed by atoms with E-state index in [4.69, 9.17) is 14.5 Å². The number of piperidine rings is 1. The maximum absolute atomic E-state index is 14.3. The molecular weight excluding hydrogens is 741 g/mol. The lowest BCUT2D eigenvalue weighted by Crippen LogP contribution is -2.55. The first-order valence-corrected chi connectivity index (χ1v) is 20.4. The van der Waals surface area contributed by atoms with Crippen molar-refractivity contribution in [3.63, 3.8) is 0 Å². The average molecular weight is 793 g/mol. The first kappa shape index (κ1) is 39.1. The molecule has 4 fully saturated rings. The summed E-state index contributed by atoms with van der Waals surface area (Å²) in [6.07, 6.45) is 7.67. The highest BCUT2D eigenvalue weighted by Crippen LogP contribution is 2.50. The number of alkyl carbamates (subject to hydrolysis) is 1. The van der Waals surface area contributed by atoms with Gasteiger partial charge in [-0.3, -0.25) is 9.59 Å². The van der Waals surface area contributed by atoms with Gasteiger partial charge in [0.05, 0.1) is 43.0 Å². The van der Waals surface area contributed by atoms with Crippen LogP contribution in [0, 0.1) is 17.8 Å². The topological polar surface area (TPSA) is 195 Å². The Labute approximate surface area is 337 Å². The molecule has 3 aliphatic heterocycles. The lowest BCUT2D eigenvalue weighted by Gasteiger charge is -2.39. The molecule has 1 aliphatic carbocycles. The van der Waals surface area contributed by atoms with E-state index in [0.717, 1.165) is 71.6 Å². The van der Waals surface area contributed by atoms with E-state index >= 15 is 0 Å². The number of hydrogen-bond donors (Lipinski definition) is 5. The minimum atomic E-state index is -1.21. The zero-order valence-corrected chi connectivity index (χ0v) is 33.1. The minimum absolute atomic E-state index is 0.0261. The van der Waals surface area contributed by atoms with Gasteiger partial charge in [0.2, 0.25) is 11.8 Å². The van der Waals surface area contributed by atoms with E-state index in [1.165, 1.54) is 7.11 Å². The predicted molar refractivity (Wildman–Crippen MR) is 214 cm³/mol. The smallest absolute Gasteiger partial charge is 0.407 e. The van der Waals surface area contributed by atoms with Crippen molar-refractivity contribution in [3.8, 4) is 33.6 Å². The Morgan fingerprint density at radius 3 is 2.02 bits per heavy atom. The second-order valence-corrected chi connectivity index (χ2v) is 16.4. The van der Waals surface area contributed by atoms with E-state index in [1.807, 2.05) is 37.1 Å². The van der Waals surface area contributed by atoms with Crippen LogP contribution in [0.4, 0.5) is 9.59 Å². The summed E-state index contributed by atoms with van der Waals surface area (Å²) in [5.74, 6) is 1.24. The van der Waals surface area contributed by atoms with E-state index in [9.17, 15) is 24.3 Å². The molecule has 6 atom stereocenters. The summed E-state index contributed by atoms with van der Waals surface area (Å²) in [5.41, 5.74) is 5.75. The Kier molecular flexibility index (Phi) is 11.2. The molecule has 4 amide bonds. The van der Waals surface area contributed by atoms with Crippen molar-refractivity contribution in [2.75, 3.05) is 26.9 Å². The third-order valence-corrected chi connectivity index (χ3v) is 12.6. The van der Waals surface area contributed by atoms with Gasteiger partial charge in [-0.15, -0.1) is 0 Å².